The van der Waals surface area contributed by atoms with E-state index in [9.17, 15) is 0 Å². The Morgan fingerprint density at radius 1 is 0.970 bits per heavy atom. The molecule has 0 amide bonds. The molecule has 0 radical (unpaired) electrons. The van der Waals surface area contributed by atoms with Crippen LogP contribution in [-0.2, 0) is 5.41 Å². The molecule has 0 saturated carbocycles. The Labute approximate surface area is 205 Å². The van der Waals surface area contributed by atoms with Gasteiger partial charge < -0.3 is 9.64 Å². The summed E-state index contributed by atoms with van der Waals surface area (Å²) in [6, 6.07) is 12.9. The summed E-state index contributed by atoms with van der Waals surface area (Å²) in [4.78, 5) is 2.44. The number of fused-ring (bicyclic) bond motifs is 1. The van der Waals surface area contributed by atoms with Gasteiger partial charge in [-0.3, -0.25) is 0 Å². The molecular weight excluding hydrogens is 428 g/mol. The lowest BCUT2D eigenvalue weighted by atomic mass is 9.77. The Hall–Kier alpha value is -2.26. The second-order valence-electron chi connectivity index (χ2n) is 9.13. The lowest BCUT2D eigenvalue weighted by molar-refractivity contribution is -0.437. The molecule has 3 nitrogen and oxygen atoms in total. The van der Waals surface area contributed by atoms with Crippen molar-refractivity contribution >= 4 is 34.8 Å². The number of hydrogen-bond donors (Lipinski definition) is 0. The smallest absolute Gasteiger partial charge is 0.209 e. The molecule has 0 aliphatic carbocycles. The molecule has 1 atom stereocenters. The van der Waals surface area contributed by atoms with Crippen molar-refractivity contribution in [3.63, 3.8) is 0 Å². The van der Waals surface area contributed by atoms with Gasteiger partial charge in [-0.25, -0.2) is 0 Å². The van der Waals surface area contributed by atoms with Crippen LogP contribution in [0.5, 0.6) is 5.75 Å². The maximum atomic E-state index is 6.41. The Bertz CT molecular complexity index is 1020. The van der Waals surface area contributed by atoms with Gasteiger partial charge in [0.05, 0.1) is 12.5 Å². The van der Waals surface area contributed by atoms with Crippen molar-refractivity contribution in [1.29, 1.82) is 0 Å². The first-order valence-electron chi connectivity index (χ1n) is 12.5. The van der Waals surface area contributed by atoms with E-state index in [-0.39, 0.29) is 5.41 Å². The summed E-state index contributed by atoms with van der Waals surface area (Å²) in [6.45, 7) is 14.4. The fourth-order valence-corrected chi connectivity index (χ4v) is 5.15. The Morgan fingerprint density at radius 3 is 2.30 bits per heavy atom. The Morgan fingerprint density at radius 2 is 1.70 bits per heavy atom. The second kappa shape index (κ2) is 11.2. The predicted octanol–water partition coefficient (Wildman–Crippen LogP) is 7.86. The number of halogens is 1. The highest BCUT2D eigenvalue weighted by atomic mass is 35.5. The van der Waals surface area contributed by atoms with Crippen LogP contribution in [0.15, 0.2) is 42.5 Å². The van der Waals surface area contributed by atoms with E-state index in [1.165, 1.54) is 22.6 Å². The Balaban J connectivity index is 2.03. The van der Waals surface area contributed by atoms with E-state index >= 15 is 0 Å². The molecule has 0 fully saturated rings. The molecule has 2 aromatic rings. The van der Waals surface area contributed by atoms with Crippen LogP contribution < -0.4 is 9.64 Å². The van der Waals surface area contributed by atoms with E-state index in [4.69, 9.17) is 16.3 Å². The molecule has 1 aliphatic heterocycles. The maximum Gasteiger partial charge on any atom is 0.209 e. The lowest BCUT2D eigenvalue weighted by Gasteiger charge is -2.24. The number of rotatable bonds is 11. The third-order valence-electron chi connectivity index (χ3n) is 6.84. The van der Waals surface area contributed by atoms with Gasteiger partial charge in [-0.15, -0.1) is 0 Å². The molecule has 0 bridgehead atoms. The number of anilines is 1. The van der Waals surface area contributed by atoms with Gasteiger partial charge in [0.15, 0.2) is 5.71 Å². The first-order chi connectivity index (χ1) is 15.9. The van der Waals surface area contributed by atoms with Gasteiger partial charge in [0, 0.05) is 59.6 Å². The van der Waals surface area contributed by atoms with Crippen molar-refractivity contribution in [2.24, 2.45) is 0 Å². The maximum absolute atomic E-state index is 6.41. The van der Waals surface area contributed by atoms with Crippen molar-refractivity contribution in [1.82, 2.24) is 0 Å². The highest BCUT2D eigenvalue weighted by molar-refractivity contribution is 6.30. The molecule has 3 rings (SSSR count). The topological polar surface area (TPSA) is 15.5 Å². The molecule has 0 saturated heterocycles. The van der Waals surface area contributed by atoms with Crippen LogP contribution in [0.25, 0.3) is 6.08 Å². The molecule has 0 N–H and O–H groups in total. The van der Waals surface area contributed by atoms with Crippen LogP contribution in [0.3, 0.4) is 0 Å². The quantitative estimate of drug-likeness (QED) is 0.312. The van der Waals surface area contributed by atoms with E-state index in [2.05, 4.69) is 86.6 Å². The minimum absolute atomic E-state index is 0.0713. The monoisotopic (exact) mass is 467 g/mol. The van der Waals surface area contributed by atoms with Crippen LogP contribution in [-0.4, -0.2) is 37.0 Å². The zero-order valence-corrected chi connectivity index (χ0v) is 22.0. The summed E-state index contributed by atoms with van der Waals surface area (Å²) in [6.07, 6.45) is 8.87. The van der Waals surface area contributed by atoms with E-state index in [0.717, 1.165) is 61.7 Å². The van der Waals surface area contributed by atoms with E-state index < -0.39 is 0 Å². The molecular formula is C29H40ClN2O+. The second-order valence-corrected chi connectivity index (χ2v) is 9.57. The SMILES string of the molecule is CCCN(CCC)c1ccc(/C=C/C2=[N+](CCC)c3ccc(Cl)cc3C2(C)CC)c(OC)c1. The van der Waals surface area contributed by atoms with Crippen molar-refractivity contribution in [2.75, 3.05) is 31.6 Å². The van der Waals surface area contributed by atoms with Crippen LogP contribution in [0, 0.1) is 0 Å². The van der Waals surface area contributed by atoms with Crippen molar-refractivity contribution < 1.29 is 9.31 Å². The number of nitrogens with zero attached hydrogens (tertiary/aromatic N) is 2. The molecule has 1 unspecified atom stereocenters. The third-order valence-corrected chi connectivity index (χ3v) is 7.08. The first-order valence-corrected chi connectivity index (χ1v) is 12.9. The summed E-state index contributed by atoms with van der Waals surface area (Å²) in [7, 11) is 1.76. The normalized spacial score (nSPS) is 17.7. The molecule has 1 heterocycles. The molecule has 0 spiro atoms. The van der Waals surface area contributed by atoms with Gasteiger partial charge in [0.2, 0.25) is 5.69 Å². The number of ether oxygens (including phenoxy) is 1. The third kappa shape index (κ3) is 5.14. The van der Waals surface area contributed by atoms with E-state index in [1.807, 2.05) is 6.07 Å². The average Bonchev–Trinajstić information content (AvgIpc) is 3.05. The standard InChI is InChI=1S/C29H40ClN2O/c1-7-17-31(18-8-2)24-14-11-22(27(21-24)33-6)12-16-28-29(5,10-4)25-20-23(30)13-15-26(25)32(28)19-9-3/h11-16,20-21H,7-10,17-19H2,1-6H3/q+1. The van der Waals surface area contributed by atoms with Crippen LogP contribution >= 0.6 is 11.6 Å². The van der Waals surface area contributed by atoms with Gasteiger partial charge in [-0.1, -0.05) is 39.3 Å². The minimum Gasteiger partial charge on any atom is -0.496 e. The first kappa shape index (κ1) is 25.4. The highest BCUT2D eigenvalue weighted by Crippen LogP contribution is 2.44. The molecule has 1 aliphatic rings. The molecule has 0 aromatic heterocycles. The number of hydrogen-bond acceptors (Lipinski definition) is 2. The van der Waals surface area contributed by atoms with Crippen LogP contribution in [0.1, 0.15) is 71.4 Å². The van der Waals surface area contributed by atoms with Crippen LogP contribution in [0.4, 0.5) is 11.4 Å². The van der Waals surface area contributed by atoms with Gasteiger partial charge in [0.1, 0.15) is 12.3 Å². The van der Waals surface area contributed by atoms with Gasteiger partial charge in [-0.2, -0.15) is 4.58 Å². The van der Waals surface area contributed by atoms with Gasteiger partial charge in [-0.05, 0) is 56.5 Å². The van der Waals surface area contributed by atoms with Crippen molar-refractivity contribution in [3.05, 3.63) is 58.6 Å². The molecule has 4 heteroatoms. The molecule has 178 valence electrons. The summed E-state index contributed by atoms with van der Waals surface area (Å²) in [5.41, 5.74) is 6.19. The average molecular weight is 468 g/mol. The van der Waals surface area contributed by atoms with Crippen LogP contribution in [0.2, 0.25) is 5.02 Å². The fourth-order valence-electron chi connectivity index (χ4n) is 4.97. The summed E-state index contributed by atoms with van der Waals surface area (Å²) < 4.78 is 8.29. The fraction of sp³-hybridized carbons (Fsp3) is 0.483. The zero-order valence-electron chi connectivity index (χ0n) is 21.2. The number of methoxy groups -OCH3 is 1. The van der Waals surface area contributed by atoms with Crippen molar-refractivity contribution in [2.45, 2.75) is 65.7 Å². The van der Waals surface area contributed by atoms with Crippen molar-refractivity contribution in [3.8, 4) is 5.75 Å². The zero-order chi connectivity index (χ0) is 24.0. The molecule has 33 heavy (non-hydrogen) atoms. The highest BCUT2D eigenvalue weighted by Gasteiger charge is 2.46. The van der Waals surface area contributed by atoms with E-state index in [0.29, 0.717) is 0 Å². The molecule has 2 aromatic carbocycles. The van der Waals surface area contributed by atoms with E-state index in [1.54, 1.807) is 7.11 Å². The van der Waals surface area contributed by atoms with Gasteiger partial charge >= 0.3 is 0 Å². The lowest BCUT2D eigenvalue weighted by Crippen LogP contribution is -2.30. The largest absolute Gasteiger partial charge is 0.496 e. The number of benzene rings is 2. The summed E-state index contributed by atoms with van der Waals surface area (Å²) in [5.74, 6) is 0.917. The Kier molecular flexibility index (Phi) is 8.64. The predicted molar refractivity (Wildman–Crippen MR) is 144 cm³/mol. The summed E-state index contributed by atoms with van der Waals surface area (Å²) >= 11 is 6.41. The minimum atomic E-state index is -0.0713. The summed E-state index contributed by atoms with van der Waals surface area (Å²) in [5, 5.41) is 0.802. The van der Waals surface area contributed by atoms with Gasteiger partial charge in [0.25, 0.3) is 0 Å². The number of allylic oxidation sites excluding steroid dienone is 1.